The van der Waals surface area contributed by atoms with Gasteiger partial charge in [0.05, 0.1) is 6.10 Å². The van der Waals surface area contributed by atoms with Crippen molar-refractivity contribution in [2.24, 2.45) is 5.92 Å². The normalized spacial score (nSPS) is 36.1. The molecule has 0 radical (unpaired) electrons. The van der Waals surface area contributed by atoms with Gasteiger partial charge in [-0.3, -0.25) is 0 Å². The van der Waals surface area contributed by atoms with Crippen molar-refractivity contribution in [1.82, 2.24) is 10.3 Å². The Kier molecular flexibility index (Phi) is 2.76. The summed E-state index contributed by atoms with van der Waals surface area (Å²) >= 11 is 0. The third-order valence-corrected chi connectivity index (χ3v) is 4.03. The van der Waals surface area contributed by atoms with Crippen molar-refractivity contribution in [3.05, 3.63) is 23.9 Å². The van der Waals surface area contributed by atoms with E-state index in [1.165, 1.54) is 12.0 Å². The standard InChI is InChI=1S/C13H19N3O/c14-13-2-1-8(7-15-13)3-9-4-10-5-11(17)6-12(9)16-10/h1-2,7,9-12,16-17H,3-6H2,(H2,14,15)/t9?,10-,11+,12-/m1/s1. The molecule has 1 aromatic heterocycles. The highest BCUT2D eigenvalue weighted by molar-refractivity contribution is 5.29. The molecule has 0 amide bonds. The summed E-state index contributed by atoms with van der Waals surface area (Å²) in [5, 5.41) is 13.3. The number of rotatable bonds is 2. The molecule has 4 heteroatoms. The number of aliphatic hydroxyl groups is 1. The molecule has 4 nitrogen and oxygen atoms in total. The van der Waals surface area contributed by atoms with Gasteiger partial charge in [-0.2, -0.15) is 0 Å². The van der Waals surface area contributed by atoms with E-state index in [0.717, 1.165) is 19.3 Å². The Morgan fingerprint density at radius 1 is 1.35 bits per heavy atom. The summed E-state index contributed by atoms with van der Waals surface area (Å²) in [6, 6.07) is 4.90. The number of hydrogen-bond donors (Lipinski definition) is 3. The number of fused-ring (bicyclic) bond motifs is 2. The van der Waals surface area contributed by atoms with Gasteiger partial charge in [-0.15, -0.1) is 0 Å². The molecule has 3 rings (SSSR count). The molecule has 1 unspecified atom stereocenters. The van der Waals surface area contributed by atoms with Crippen LogP contribution in [0, 0.1) is 5.92 Å². The average Bonchev–Trinajstić information content (AvgIpc) is 2.57. The molecule has 0 saturated carbocycles. The van der Waals surface area contributed by atoms with Crippen LogP contribution in [0.25, 0.3) is 0 Å². The first-order valence-electron chi connectivity index (χ1n) is 6.35. The van der Waals surface area contributed by atoms with Crippen molar-refractivity contribution in [3.63, 3.8) is 0 Å². The number of pyridine rings is 1. The molecular formula is C13H19N3O. The molecule has 2 aliphatic rings. The zero-order valence-corrected chi connectivity index (χ0v) is 9.84. The van der Waals surface area contributed by atoms with Crippen LogP contribution in [0.1, 0.15) is 24.8 Å². The van der Waals surface area contributed by atoms with Gasteiger partial charge in [0, 0.05) is 18.3 Å². The fourth-order valence-electron chi connectivity index (χ4n) is 3.26. The van der Waals surface area contributed by atoms with Gasteiger partial charge in [-0.05, 0) is 43.2 Å². The van der Waals surface area contributed by atoms with Gasteiger partial charge in [0.25, 0.3) is 0 Å². The summed E-state index contributed by atoms with van der Waals surface area (Å²) in [5.74, 6) is 1.20. The minimum Gasteiger partial charge on any atom is -0.393 e. The minimum absolute atomic E-state index is 0.110. The lowest BCUT2D eigenvalue weighted by molar-refractivity contribution is 0.110. The third kappa shape index (κ3) is 2.28. The maximum atomic E-state index is 9.74. The van der Waals surface area contributed by atoms with E-state index < -0.39 is 0 Å². The Bertz CT molecular complexity index is 392. The highest BCUT2D eigenvalue weighted by Crippen LogP contribution is 2.33. The van der Waals surface area contributed by atoms with Crippen LogP contribution in [0.15, 0.2) is 18.3 Å². The molecule has 2 saturated heterocycles. The number of piperidine rings is 1. The molecule has 3 heterocycles. The molecule has 2 fully saturated rings. The van der Waals surface area contributed by atoms with E-state index in [0.29, 0.717) is 23.8 Å². The molecule has 92 valence electrons. The van der Waals surface area contributed by atoms with E-state index in [-0.39, 0.29) is 6.10 Å². The highest BCUT2D eigenvalue weighted by Gasteiger charge is 2.39. The van der Waals surface area contributed by atoms with Crippen LogP contribution in [0.4, 0.5) is 5.82 Å². The second-order valence-electron chi connectivity index (χ2n) is 5.39. The number of nitrogens with zero attached hydrogens (tertiary/aromatic N) is 1. The van der Waals surface area contributed by atoms with Crippen molar-refractivity contribution in [1.29, 1.82) is 0 Å². The van der Waals surface area contributed by atoms with Gasteiger partial charge in [-0.1, -0.05) is 6.07 Å². The fraction of sp³-hybridized carbons (Fsp3) is 0.615. The first kappa shape index (κ1) is 11.0. The topological polar surface area (TPSA) is 71.2 Å². The van der Waals surface area contributed by atoms with Gasteiger partial charge < -0.3 is 16.2 Å². The Morgan fingerprint density at radius 2 is 2.24 bits per heavy atom. The predicted octanol–water partition coefficient (Wildman–Crippen LogP) is 0.708. The number of nitrogens with two attached hydrogens (primary N) is 1. The number of aromatic nitrogens is 1. The van der Waals surface area contributed by atoms with Crippen molar-refractivity contribution in [3.8, 4) is 0 Å². The summed E-state index contributed by atoms with van der Waals surface area (Å²) in [6.45, 7) is 0. The molecular weight excluding hydrogens is 214 g/mol. The van der Waals surface area contributed by atoms with Crippen molar-refractivity contribution >= 4 is 5.82 Å². The zero-order valence-electron chi connectivity index (χ0n) is 9.84. The van der Waals surface area contributed by atoms with E-state index in [1.807, 2.05) is 12.3 Å². The van der Waals surface area contributed by atoms with Gasteiger partial charge in [0.1, 0.15) is 5.82 Å². The maximum Gasteiger partial charge on any atom is 0.123 e. The Hall–Kier alpha value is -1.13. The minimum atomic E-state index is -0.110. The van der Waals surface area contributed by atoms with Crippen LogP contribution in [-0.2, 0) is 6.42 Å². The third-order valence-electron chi connectivity index (χ3n) is 4.03. The second-order valence-corrected chi connectivity index (χ2v) is 5.39. The molecule has 1 aromatic rings. The van der Waals surface area contributed by atoms with Gasteiger partial charge in [-0.25, -0.2) is 4.98 Å². The average molecular weight is 233 g/mol. The van der Waals surface area contributed by atoms with Gasteiger partial charge >= 0.3 is 0 Å². The number of nitrogens with one attached hydrogen (secondary N) is 1. The zero-order chi connectivity index (χ0) is 11.8. The predicted molar refractivity (Wildman–Crippen MR) is 66.4 cm³/mol. The Balaban J connectivity index is 1.68. The van der Waals surface area contributed by atoms with Crippen LogP contribution in [0.5, 0.6) is 0 Å². The summed E-state index contributed by atoms with van der Waals surface area (Å²) in [7, 11) is 0. The van der Waals surface area contributed by atoms with E-state index in [9.17, 15) is 5.11 Å². The number of nitrogen functional groups attached to an aromatic ring is 1. The lowest BCUT2D eigenvalue weighted by Gasteiger charge is -2.26. The second kappa shape index (κ2) is 4.27. The summed E-state index contributed by atoms with van der Waals surface area (Å²) in [6.07, 6.45) is 5.77. The molecule has 0 aromatic carbocycles. The molecule has 4 N–H and O–H groups in total. The van der Waals surface area contributed by atoms with Gasteiger partial charge in [0.15, 0.2) is 0 Å². The number of anilines is 1. The quantitative estimate of drug-likeness (QED) is 0.703. The SMILES string of the molecule is Nc1ccc(CC2C[C@@H]3C[C@H](O)C[C@H]2N3)cn1. The monoisotopic (exact) mass is 233 g/mol. The van der Waals surface area contributed by atoms with Crippen LogP contribution in [0.3, 0.4) is 0 Å². The van der Waals surface area contributed by atoms with Crippen LogP contribution in [0.2, 0.25) is 0 Å². The van der Waals surface area contributed by atoms with Crippen molar-refractivity contribution < 1.29 is 5.11 Å². The first-order valence-corrected chi connectivity index (χ1v) is 6.35. The molecule has 0 spiro atoms. The molecule has 4 atom stereocenters. The van der Waals surface area contributed by atoms with E-state index in [2.05, 4.69) is 16.4 Å². The summed E-state index contributed by atoms with van der Waals surface area (Å²) in [5.41, 5.74) is 6.83. The Labute approximate surface area is 101 Å². The summed E-state index contributed by atoms with van der Waals surface area (Å²) in [4.78, 5) is 4.13. The van der Waals surface area contributed by atoms with Crippen LogP contribution in [-0.4, -0.2) is 28.3 Å². The van der Waals surface area contributed by atoms with E-state index >= 15 is 0 Å². The maximum absolute atomic E-state index is 9.74. The number of aliphatic hydroxyl groups excluding tert-OH is 1. The van der Waals surface area contributed by atoms with Crippen molar-refractivity contribution in [2.45, 2.75) is 43.9 Å². The number of hydrogen-bond acceptors (Lipinski definition) is 4. The van der Waals surface area contributed by atoms with Crippen LogP contribution >= 0.6 is 0 Å². The summed E-state index contributed by atoms with van der Waals surface area (Å²) < 4.78 is 0. The van der Waals surface area contributed by atoms with Crippen LogP contribution < -0.4 is 11.1 Å². The van der Waals surface area contributed by atoms with E-state index in [1.54, 1.807) is 0 Å². The Morgan fingerprint density at radius 3 is 3.00 bits per heavy atom. The molecule has 0 aliphatic carbocycles. The molecule has 2 aliphatic heterocycles. The lowest BCUT2D eigenvalue weighted by atomic mass is 9.91. The highest BCUT2D eigenvalue weighted by atomic mass is 16.3. The fourth-order valence-corrected chi connectivity index (χ4v) is 3.26. The molecule has 17 heavy (non-hydrogen) atoms. The smallest absolute Gasteiger partial charge is 0.123 e. The molecule has 2 bridgehead atoms. The largest absolute Gasteiger partial charge is 0.393 e. The van der Waals surface area contributed by atoms with E-state index in [4.69, 9.17) is 5.73 Å². The first-order chi connectivity index (χ1) is 8.20. The van der Waals surface area contributed by atoms with Gasteiger partial charge in [0.2, 0.25) is 0 Å². The van der Waals surface area contributed by atoms with Crippen molar-refractivity contribution in [2.75, 3.05) is 5.73 Å². The lowest BCUT2D eigenvalue weighted by Crippen LogP contribution is -2.41.